The number of rotatable bonds is 2. The molecule has 112 valence electrons. The molecule has 3 nitrogen and oxygen atoms in total. The van der Waals surface area contributed by atoms with Crippen LogP contribution in [0, 0.1) is 17.1 Å². The van der Waals surface area contributed by atoms with E-state index in [4.69, 9.17) is 11.6 Å². The standard InChI is InChI=1S/C18H10ClFN2O/c19-13-3-1-2-12(8-13)15-9-17(22-18(23)16(15)10-21)11-4-6-14(20)7-5-11/h1-9H,(H,22,23). The fourth-order valence-electron chi connectivity index (χ4n) is 2.34. The van der Waals surface area contributed by atoms with Gasteiger partial charge < -0.3 is 4.98 Å². The number of hydrogen-bond acceptors (Lipinski definition) is 2. The highest BCUT2D eigenvalue weighted by Crippen LogP contribution is 2.27. The number of H-pyrrole nitrogens is 1. The van der Waals surface area contributed by atoms with Crippen molar-refractivity contribution in [1.29, 1.82) is 5.26 Å². The molecule has 0 atom stereocenters. The fraction of sp³-hybridized carbons (Fsp3) is 0. The van der Waals surface area contributed by atoms with Crippen molar-refractivity contribution >= 4 is 11.6 Å². The first-order chi connectivity index (χ1) is 11.1. The summed E-state index contributed by atoms with van der Waals surface area (Å²) >= 11 is 5.99. The molecule has 0 amide bonds. The Morgan fingerprint density at radius 1 is 1.04 bits per heavy atom. The van der Waals surface area contributed by atoms with Gasteiger partial charge in [0.25, 0.3) is 5.56 Å². The summed E-state index contributed by atoms with van der Waals surface area (Å²) in [6.45, 7) is 0. The Hall–Kier alpha value is -2.90. The predicted molar refractivity (Wildman–Crippen MR) is 87.6 cm³/mol. The summed E-state index contributed by atoms with van der Waals surface area (Å²) in [5.74, 6) is -0.361. The lowest BCUT2D eigenvalue weighted by Gasteiger charge is -2.08. The summed E-state index contributed by atoms with van der Waals surface area (Å²) < 4.78 is 13.1. The molecule has 0 saturated carbocycles. The molecule has 0 radical (unpaired) electrons. The maximum atomic E-state index is 13.1. The average Bonchev–Trinajstić information content (AvgIpc) is 2.55. The van der Waals surface area contributed by atoms with Crippen molar-refractivity contribution < 1.29 is 4.39 Å². The quantitative estimate of drug-likeness (QED) is 0.760. The molecule has 23 heavy (non-hydrogen) atoms. The summed E-state index contributed by atoms with van der Waals surface area (Å²) in [5, 5.41) is 9.78. The Balaban J connectivity index is 2.24. The third kappa shape index (κ3) is 3.01. The molecule has 0 saturated heterocycles. The molecule has 0 aliphatic carbocycles. The summed E-state index contributed by atoms with van der Waals surface area (Å²) in [5.41, 5.74) is 1.82. The van der Waals surface area contributed by atoms with E-state index in [0.717, 1.165) is 0 Å². The van der Waals surface area contributed by atoms with Gasteiger partial charge in [0, 0.05) is 16.3 Å². The number of benzene rings is 2. The van der Waals surface area contributed by atoms with E-state index < -0.39 is 5.56 Å². The van der Waals surface area contributed by atoms with Gasteiger partial charge in [0.1, 0.15) is 17.4 Å². The molecule has 5 heteroatoms. The first-order valence-electron chi connectivity index (χ1n) is 6.78. The van der Waals surface area contributed by atoms with Crippen LogP contribution >= 0.6 is 11.6 Å². The minimum absolute atomic E-state index is 0.0122. The molecule has 0 spiro atoms. The SMILES string of the molecule is N#Cc1c(-c2cccc(Cl)c2)cc(-c2ccc(F)cc2)[nH]c1=O. The molecule has 1 N–H and O–H groups in total. The van der Waals surface area contributed by atoms with Crippen LogP contribution < -0.4 is 5.56 Å². The van der Waals surface area contributed by atoms with Gasteiger partial charge in [-0.15, -0.1) is 0 Å². The molecule has 3 rings (SSSR count). The molecule has 0 aliphatic heterocycles. The Morgan fingerprint density at radius 3 is 2.43 bits per heavy atom. The molecular weight excluding hydrogens is 315 g/mol. The minimum Gasteiger partial charge on any atom is -0.321 e. The van der Waals surface area contributed by atoms with Crippen molar-refractivity contribution in [2.75, 3.05) is 0 Å². The van der Waals surface area contributed by atoms with Crippen molar-refractivity contribution in [2.24, 2.45) is 0 Å². The second-order valence-electron chi connectivity index (χ2n) is 4.93. The highest BCUT2D eigenvalue weighted by atomic mass is 35.5. The Morgan fingerprint density at radius 2 is 1.78 bits per heavy atom. The van der Waals surface area contributed by atoms with Crippen LogP contribution in [-0.2, 0) is 0 Å². The second-order valence-corrected chi connectivity index (χ2v) is 5.37. The van der Waals surface area contributed by atoms with Gasteiger partial charge in [0.15, 0.2) is 0 Å². The van der Waals surface area contributed by atoms with Gasteiger partial charge in [-0.1, -0.05) is 23.7 Å². The number of pyridine rings is 1. The number of nitrogens with one attached hydrogen (secondary N) is 1. The van der Waals surface area contributed by atoms with Crippen LogP contribution in [0.2, 0.25) is 5.02 Å². The molecule has 0 bridgehead atoms. The van der Waals surface area contributed by atoms with Crippen LogP contribution in [0.1, 0.15) is 5.56 Å². The van der Waals surface area contributed by atoms with E-state index in [0.29, 0.717) is 27.4 Å². The number of halogens is 2. The smallest absolute Gasteiger partial charge is 0.266 e. The summed E-state index contributed by atoms with van der Waals surface area (Å²) in [7, 11) is 0. The largest absolute Gasteiger partial charge is 0.321 e. The molecule has 3 aromatic rings. The molecular formula is C18H10ClFN2O. The lowest BCUT2D eigenvalue weighted by atomic mass is 9.99. The Kier molecular flexibility index (Phi) is 3.96. The van der Waals surface area contributed by atoms with Crippen LogP contribution in [-0.4, -0.2) is 4.98 Å². The van der Waals surface area contributed by atoms with Gasteiger partial charge in [-0.25, -0.2) is 4.39 Å². The molecule has 1 aromatic heterocycles. The summed E-state index contributed by atoms with van der Waals surface area (Å²) in [4.78, 5) is 14.9. The van der Waals surface area contributed by atoms with E-state index >= 15 is 0 Å². The van der Waals surface area contributed by atoms with Gasteiger partial charge in [-0.3, -0.25) is 4.79 Å². The van der Waals surface area contributed by atoms with Crippen LogP contribution in [0.15, 0.2) is 59.4 Å². The van der Waals surface area contributed by atoms with Crippen molar-refractivity contribution in [1.82, 2.24) is 4.98 Å². The van der Waals surface area contributed by atoms with Crippen molar-refractivity contribution in [3.05, 3.63) is 81.4 Å². The van der Waals surface area contributed by atoms with Gasteiger partial charge >= 0.3 is 0 Å². The number of aromatic amines is 1. The maximum absolute atomic E-state index is 13.1. The molecule has 0 unspecified atom stereocenters. The fourth-order valence-corrected chi connectivity index (χ4v) is 2.53. The summed E-state index contributed by atoms with van der Waals surface area (Å²) in [6.07, 6.45) is 0. The second kappa shape index (κ2) is 6.07. The maximum Gasteiger partial charge on any atom is 0.266 e. The number of nitriles is 1. The highest BCUT2D eigenvalue weighted by Gasteiger charge is 2.12. The van der Waals surface area contributed by atoms with Gasteiger partial charge in [-0.05, 0) is 53.6 Å². The molecule has 2 aromatic carbocycles. The van der Waals surface area contributed by atoms with Crippen LogP contribution in [0.25, 0.3) is 22.4 Å². The van der Waals surface area contributed by atoms with Gasteiger partial charge in [-0.2, -0.15) is 5.26 Å². The van der Waals surface area contributed by atoms with E-state index in [1.807, 2.05) is 6.07 Å². The zero-order valence-corrected chi connectivity index (χ0v) is 12.6. The third-order valence-electron chi connectivity index (χ3n) is 3.44. The zero-order valence-electron chi connectivity index (χ0n) is 11.8. The molecule has 1 heterocycles. The van der Waals surface area contributed by atoms with E-state index in [9.17, 15) is 14.4 Å². The van der Waals surface area contributed by atoms with Crippen molar-refractivity contribution in [3.8, 4) is 28.5 Å². The van der Waals surface area contributed by atoms with Crippen molar-refractivity contribution in [2.45, 2.75) is 0 Å². The van der Waals surface area contributed by atoms with Crippen LogP contribution in [0.5, 0.6) is 0 Å². The predicted octanol–water partition coefficient (Wildman–Crippen LogP) is 4.37. The zero-order chi connectivity index (χ0) is 16.4. The Bertz CT molecular complexity index is 972. The summed E-state index contributed by atoms with van der Waals surface area (Å²) in [6, 6.07) is 16.3. The topological polar surface area (TPSA) is 56.6 Å². The lowest BCUT2D eigenvalue weighted by molar-refractivity contribution is 0.628. The van der Waals surface area contributed by atoms with E-state index in [-0.39, 0.29) is 11.4 Å². The van der Waals surface area contributed by atoms with E-state index in [1.54, 1.807) is 42.5 Å². The number of aromatic nitrogens is 1. The molecule has 0 fully saturated rings. The molecule has 0 aliphatic rings. The van der Waals surface area contributed by atoms with Gasteiger partial charge in [0.05, 0.1) is 0 Å². The normalized spacial score (nSPS) is 10.3. The third-order valence-corrected chi connectivity index (χ3v) is 3.67. The van der Waals surface area contributed by atoms with E-state index in [2.05, 4.69) is 4.98 Å². The Labute approximate surface area is 136 Å². The lowest BCUT2D eigenvalue weighted by Crippen LogP contribution is -2.12. The number of nitrogens with zero attached hydrogens (tertiary/aromatic N) is 1. The van der Waals surface area contributed by atoms with Crippen LogP contribution in [0.4, 0.5) is 4.39 Å². The average molecular weight is 325 g/mol. The first kappa shape index (κ1) is 15.0. The number of hydrogen-bond donors (Lipinski definition) is 1. The minimum atomic E-state index is -0.496. The van der Waals surface area contributed by atoms with E-state index in [1.165, 1.54) is 12.1 Å². The van der Waals surface area contributed by atoms with Gasteiger partial charge in [0.2, 0.25) is 0 Å². The van der Waals surface area contributed by atoms with Crippen molar-refractivity contribution in [3.63, 3.8) is 0 Å². The highest BCUT2D eigenvalue weighted by molar-refractivity contribution is 6.30. The monoisotopic (exact) mass is 324 g/mol. The first-order valence-corrected chi connectivity index (χ1v) is 7.15. The van der Waals surface area contributed by atoms with Crippen LogP contribution in [0.3, 0.4) is 0 Å².